The minimum Gasteiger partial charge on any atom is -0.489 e. The van der Waals surface area contributed by atoms with E-state index in [1.54, 1.807) is 0 Å². The van der Waals surface area contributed by atoms with Crippen molar-refractivity contribution in [2.45, 2.75) is 65.8 Å². The lowest BCUT2D eigenvalue weighted by atomic mass is 9.98. The molecule has 170 valence electrons. The fraction of sp³-hybridized carbons (Fsp3) is 0.357. The molecule has 4 nitrogen and oxygen atoms in total. The second kappa shape index (κ2) is 10.2. The number of benzene rings is 3. The molecule has 3 rings (SSSR count). The molecule has 0 saturated heterocycles. The third-order valence-corrected chi connectivity index (χ3v) is 5.19. The van der Waals surface area contributed by atoms with Crippen LogP contribution in [0.15, 0.2) is 66.7 Å². The molecule has 2 N–H and O–H groups in total. The first-order valence-electron chi connectivity index (χ1n) is 11.1. The highest BCUT2D eigenvalue weighted by atomic mass is 16.5. The molecule has 3 aromatic rings. The van der Waals surface area contributed by atoms with Crippen LogP contribution in [0.5, 0.6) is 17.2 Å². The monoisotopic (exact) mass is 433 g/mol. The number of ether oxygens (including phenoxy) is 2. The van der Waals surface area contributed by atoms with Gasteiger partial charge in [-0.3, -0.25) is 0 Å². The van der Waals surface area contributed by atoms with Crippen LogP contribution < -0.4 is 14.8 Å². The summed E-state index contributed by atoms with van der Waals surface area (Å²) >= 11 is 0. The Kier molecular flexibility index (Phi) is 7.60. The topological polar surface area (TPSA) is 50.7 Å². The summed E-state index contributed by atoms with van der Waals surface area (Å²) in [6, 6.07) is 21.6. The summed E-state index contributed by atoms with van der Waals surface area (Å²) in [7, 11) is 0. The molecule has 3 aromatic carbocycles. The number of aliphatic hydroxyl groups is 1. The lowest BCUT2D eigenvalue weighted by molar-refractivity contribution is 0.121. The van der Waals surface area contributed by atoms with Crippen molar-refractivity contribution in [2.75, 3.05) is 0 Å². The van der Waals surface area contributed by atoms with E-state index in [-0.39, 0.29) is 11.6 Å². The van der Waals surface area contributed by atoms with Crippen LogP contribution in [-0.2, 0) is 6.61 Å². The lowest BCUT2D eigenvalue weighted by Crippen LogP contribution is -2.45. The van der Waals surface area contributed by atoms with E-state index in [4.69, 9.17) is 9.47 Å². The van der Waals surface area contributed by atoms with Gasteiger partial charge in [0.05, 0.1) is 6.10 Å². The zero-order chi connectivity index (χ0) is 23.3. The molecule has 2 atom stereocenters. The Morgan fingerprint density at radius 3 is 2.25 bits per heavy atom. The Morgan fingerprint density at radius 1 is 0.875 bits per heavy atom. The Bertz CT molecular complexity index is 1020. The standard InChI is InChI=1S/C28H35NO3/c1-19-10-13-24(14-11-19)31-18-23-17-22(27(30)21(3)29-28(4,5)6)12-15-26(23)32-25-9-7-8-20(2)16-25/h7-17,21,27,29-30H,18H2,1-6H3. The van der Waals surface area contributed by atoms with E-state index in [0.29, 0.717) is 6.61 Å². The van der Waals surface area contributed by atoms with Gasteiger partial charge in [0.25, 0.3) is 0 Å². The molecule has 0 saturated carbocycles. The predicted molar refractivity (Wildman–Crippen MR) is 131 cm³/mol. The van der Waals surface area contributed by atoms with Crippen LogP contribution in [0.2, 0.25) is 0 Å². The van der Waals surface area contributed by atoms with Crippen molar-refractivity contribution in [1.29, 1.82) is 0 Å². The molecule has 0 bridgehead atoms. The summed E-state index contributed by atoms with van der Waals surface area (Å²) in [5.74, 6) is 2.29. The number of rotatable bonds is 8. The summed E-state index contributed by atoms with van der Waals surface area (Å²) in [5.41, 5.74) is 3.94. The lowest BCUT2D eigenvalue weighted by Gasteiger charge is -2.29. The van der Waals surface area contributed by atoms with E-state index < -0.39 is 6.10 Å². The van der Waals surface area contributed by atoms with E-state index in [1.165, 1.54) is 5.56 Å². The predicted octanol–water partition coefficient (Wildman–Crippen LogP) is 6.48. The van der Waals surface area contributed by atoms with E-state index in [2.05, 4.69) is 33.0 Å². The van der Waals surface area contributed by atoms with Gasteiger partial charge in [-0.15, -0.1) is 0 Å². The zero-order valence-electron chi connectivity index (χ0n) is 20.0. The van der Waals surface area contributed by atoms with Crippen molar-refractivity contribution >= 4 is 0 Å². The van der Waals surface area contributed by atoms with Crippen LogP contribution in [0, 0.1) is 13.8 Å². The van der Waals surface area contributed by atoms with Crippen LogP contribution in [0.1, 0.15) is 56.1 Å². The average Bonchev–Trinajstić information content (AvgIpc) is 2.72. The highest BCUT2D eigenvalue weighted by Crippen LogP contribution is 2.31. The van der Waals surface area contributed by atoms with Gasteiger partial charge >= 0.3 is 0 Å². The van der Waals surface area contributed by atoms with Crippen LogP contribution in [0.4, 0.5) is 0 Å². The molecular formula is C28H35NO3. The molecular weight excluding hydrogens is 398 g/mol. The van der Waals surface area contributed by atoms with Crippen LogP contribution >= 0.6 is 0 Å². The molecule has 4 heteroatoms. The largest absolute Gasteiger partial charge is 0.489 e. The third-order valence-electron chi connectivity index (χ3n) is 5.19. The minimum absolute atomic E-state index is 0.0913. The van der Waals surface area contributed by atoms with Crippen LogP contribution in [-0.4, -0.2) is 16.7 Å². The molecule has 0 aliphatic carbocycles. The molecule has 0 fully saturated rings. The Hall–Kier alpha value is -2.82. The van der Waals surface area contributed by atoms with Crippen molar-refractivity contribution in [2.24, 2.45) is 0 Å². The van der Waals surface area contributed by atoms with Crippen molar-refractivity contribution in [3.63, 3.8) is 0 Å². The Balaban J connectivity index is 1.87. The van der Waals surface area contributed by atoms with Gasteiger partial charge in [-0.25, -0.2) is 0 Å². The summed E-state index contributed by atoms with van der Waals surface area (Å²) in [6.07, 6.45) is -0.652. The Morgan fingerprint density at radius 2 is 1.59 bits per heavy atom. The van der Waals surface area contributed by atoms with Gasteiger partial charge in [0.1, 0.15) is 23.9 Å². The molecule has 0 amide bonds. The molecule has 0 aliphatic heterocycles. The third kappa shape index (κ3) is 6.84. The van der Waals surface area contributed by atoms with E-state index in [0.717, 1.165) is 33.9 Å². The molecule has 0 aliphatic rings. The van der Waals surface area contributed by atoms with Gasteiger partial charge in [0.2, 0.25) is 0 Å². The van der Waals surface area contributed by atoms with E-state index in [9.17, 15) is 5.11 Å². The summed E-state index contributed by atoms with van der Waals surface area (Å²) in [4.78, 5) is 0. The zero-order valence-corrected chi connectivity index (χ0v) is 20.0. The van der Waals surface area contributed by atoms with Crippen LogP contribution in [0.25, 0.3) is 0 Å². The number of aryl methyl sites for hydroxylation is 2. The summed E-state index contributed by atoms with van der Waals surface area (Å²) < 4.78 is 12.2. The van der Waals surface area contributed by atoms with Gasteiger partial charge in [-0.05, 0) is 89.1 Å². The van der Waals surface area contributed by atoms with Gasteiger partial charge in [0, 0.05) is 17.1 Å². The minimum atomic E-state index is -0.652. The maximum atomic E-state index is 11.0. The fourth-order valence-corrected chi connectivity index (χ4v) is 3.65. The van der Waals surface area contributed by atoms with Crippen molar-refractivity contribution < 1.29 is 14.6 Å². The van der Waals surface area contributed by atoms with Crippen LogP contribution in [0.3, 0.4) is 0 Å². The van der Waals surface area contributed by atoms with Gasteiger partial charge in [0.15, 0.2) is 0 Å². The molecule has 2 unspecified atom stereocenters. The van der Waals surface area contributed by atoms with E-state index in [1.807, 2.05) is 80.6 Å². The maximum Gasteiger partial charge on any atom is 0.134 e. The second-order valence-corrected chi connectivity index (χ2v) is 9.52. The second-order valence-electron chi connectivity index (χ2n) is 9.52. The number of aliphatic hydroxyl groups excluding tert-OH is 1. The highest BCUT2D eigenvalue weighted by molar-refractivity contribution is 5.42. The first-order valence-corrected chi connectivity index (χ1v) is 11.1. The molecule has 32 heavy (non-hydrogen) atoms. The molecule has 0 heterocycles. The van der Waals surface area contributed by atoms with Gasteiger partial charge in [-0.2, -0.15) is 0 Å². The quantitative estimate of drug-likeness (QED) is 0.427. The fourth-order valence-electron chi connectivity index (χ4n) is 3.65. The first-order chi connectivity index (χ1) is 15.1. The maximum absolute atomic E-state index is 11.0. The van der Waals surface area contributed by atoms with Gasteiger partial charge in [-0.1, -0.05) is 35.9 Å². The molecule has 0 spiro atoms. The first kappa shape index (κ1) is 23.8. The number of nitrogens with one attached hydrogen (secondary N) is 1. The SMILES string of the molecule is Cc1ccc(OCc2cc(C(O)C(C)NC(C)(C)C)ccc2Oc2cccc(C)c2)cc1. The van der Waals surface area contributed by atoms with Crippen molar-refractivity contribution in [3.05, 3.63) is 89.0 Å². The molecule has 0 aromatic heterocycles. The molecule has 0 radical (unpaired) electrons. The smallest absolute Gasteiger partial charge is 0.134 e. The summed E-state index contributed by atoms with van der Waals surface area (Å²) in [6.45, 7) is 12.7. The summed E-state index contributed by atoms with van der Waals surface area (Å²) in [5, 5.41) is 14.4. The van der Waals surface area contributed by atoms with Crippen molar-refractivity contribution in [3.8, 4) is 17.2 Å². The van der Waals surface area contributed by atoms with Crippen molar-refractivity contribution in [1.82, 2.24) is 5.32 Å². The highest BCUT2D eigenvalue weighted by Gasteiger charge is 2.22. The van der Waals surface area contributed by atoms with E-state index >= 15 is 0 Å². The normalized spacial score (nSPS) is 13.5. The number of hydrogen-bond acceptors (Lipinski definition) is 4. The number of hydrogen-bond donors (Lipinski definition) is 2. The van der Waals surface area contributed by atoms with Gasteiger partial charge < -0.3 is 19.9 Å². The average molecular weight is 434 g/mol. The Labute approximate surface area is 192 Å².